The summed E-state index contributed by atoms with van der Waals surface area (Å²) >= 11 is 0. The number of hydrogen-bond donors (Lipinski definition) is 3. The summed E-state index contributed by atoms with van der Waals surface area (Å²) in [5.74, 6) is -0.379. The standard InChI is InChI=1S/C9H13FN2O/c10-8-2-1-6(11)5-7(8)9(12)3-4-13/h1-2,5,9,13H,3-4,11-12H2/t9-/m1/s1. The zero-order valence-electron chi connectivity index (χ0n) is 7.20. The maximum absolute atomic E-state index is 13.1. The van der Waals surface area contributed by atoms with Gasteiger partial charge >= 0.3 is 0 Å². The molecular formula is C9H13FN2O. The zero-order chi connectivity index (χ0) is 9.84. The van der Waals surface area contributed by atoms with Crippen LogP contribution in [-0.4, -0.2) is 11.7 Å². The average molecular weight is 184 g/mol. The molecule has 4 heteroatoms. The van der Waals surface area contributed by atoms with Crippen LogP contribution in [0.15, 0.2) is 18.2 Å². The topological polar surface area (TPSA) is 72.3 Å². The van der Waals surface area contributed by atoms with E-state index < -0.39 is 6.04 Å². The number of nitrogen functional groups attached to an aromatic ring is 1. The van der Waals surface area contributed by atoms with Gasteiger partial charge in [0.15, 0.2) is 0 Å². The first-order valence-corrected chi connectivity index (χ1v) is 4.06. The van der Waals surface area contributed by atoms with Crippen LogP contribution in [0.3, 0.4) is 0 Å². The molecule has 0 amide bonds. The first-order chi connectivity index (χ1) is 6.15. The fraction of sp³-hybridized carbons (Fsp3) is 0.333. The Kier molecular flexibility index (Phi) is 3.22. The minimum atomic E-state index is -0.492. The van der Waals surface area contributed by atoms with E-state index in [1.165, 1.54) is 18.2 Å². The summed E-state index contributed by atoms with van der Waals surface area (Å²) in [4.78, 5) is 0. The lowest BCUT2D eigenvalue weighted by Crippen LogP contribution is -2.14. The number of nitrogens with two attached hydrogens (primary N) is 2. The monoisotopic (exact) mass is 184 g/mol. The molecule has 1 aromatic carbocycles. The number of benzene rings is 1. The molecule has 0 saturated carbocycles. The van der Waals surface area contributed by atoms with E-state index in [9.17, 15) is 4.39 Å². The second-order valence-corrected chi connectivity index (χ2v) is 2.90. The van der Waals surface area contributed by atoms with Crippen molar-refractivity contribution in [3.05, 3.63) is 29.6 Å². The molecule has 0 saturated heterocycles. The van der Waals surface area contributed by atoms with E-state index in [0.29, 0.717) is 17.7 Å². The maximum Gasteiger partial charge on any atom is 0.128 e. The molecule has 0 fully saturated rings. The van der Waals surface area contributed by atoms with Crippen LogP contribution in [0.4, 0.5) is 10.1 Å². The molecule has 1 atom stereocenters. The smallest absolute Gasteiger partial charge is 0.128 e. The Balaban J connectivity index is 2.91. The van der Waals surface area contributed by atoms with Crippen molar-refractivity contribution in [3.8, 4) is 0 Å². The molecule has 0 unspecified atom stereocenters. The predicted octanol–water partition coefficient (Wildman–Crippen LogP) is 0.790. The zero-order valence-corrected chi connectivity index (χ0v) is 7.20. The van der Waals surface area contributed by atoms with Gasteiger partial charge < -0.3 is 16.6 Å². The van der Waals surface area contributed by atoms with Gasteiger partial charge in [0.25, 0.3) is 0 Å². The molecule has 0 radical (unpaired) electrons. The lowest BCUT2D eigenvalue weighted by atomic mass is 10.0. The first kappa shape index (κ1) is 9.95. The third-order valence-corrected chi connectivity index (χ3v) is 1.86. The van der Waals surface area contributed by atoms with Crippen LogP contribution in [0.25, 0.3) is 0 Å². The van der Waals surface area contributed by atoms with E-state index in [4.69, 9.17) is 16.6 Å². The van der Waals surface area contributed by atoms with Gasteiger partial charge in [0.1, 0.15) is 5.82 Å². The third kappa shape index (κ3) is 2.40. The summed E-state index contributed by atoms with van der Waals surface area (Å²) in [5, 5.41) is 8.62. The Bertz CT molecular complexity index is 291. The summed E-state index contributed by atoms with van der Waals surface area (Å²) in [7, 11) is 0. The molecule has 0 aromatic heterocycles. The van der Waals surface area contributed by atoms with Crippen molar-refractivity contribution in [2.45, 2.75) is 12.5 Å². The van der Waals surface area contributed by atoms with Crippen molar-refractivity contribution < 1.29 is 9.50 Å². The number of aliphatic hydroxyl groups is 1. The van der Waals surface area contributed by atoms with E-state index in [2.05, 4.69) is 0 Å². The summed E-state index contributed by atoms with van der Waals surface area (Å²) in [6.07, 6.45) is 0.334. The molecule has 1 aromatic rings. The Morgan fingerprint density at radius 2 is 2.15 bits per heavy atom. The van der Waals surface area contributed by atoms with E-state index in [1.54, 1.807) is 0 Å². The van der Waals surface area contributed by atoms with Gasteiger partial charge in [-0.25, -0.2) is 4.39 Å². The van der Waals surface area contributed by atoms with Gasteiger partial charge in [0, 0.05) is 23.9 Å². The largest absolute Gasteiger partial charge is 0.399 e. The quantitative estimate of drug-likeness (QED) is 0.608. The van der Waals surface area contributed by atoms with Gasteiger partial charge in [-0.15, -0.1) is 0 Å². The highest BCUT2D eigenvalue weighted by molar-refractivity contribution is 5.42. The fourth-order valence-corrected chi connectivity index (χ4v) is 1.14. The van der Waals surface area contributed by atoms with Gasteiger partial charge in [0.2, 0.25) is 0 Å². The van der Waals surface area contributed by atoms with Crippen LogP contribution in [0.5, 0.6) is 0 Å². The van der Waals surface area contributed by atoms with Crippen LogP contribution in [-0.2, 0) is 0 Å². The molecular weight excluding hydrogens is 171 g/mol. The van der Waals surface area contributed by atoms with E-state index in [0.717, 1.165) is 0 Å². The van der Waals surface area contributed by atoms with Crippen LogP contribution in [0.2, 0.25) is 0 Å². The molecule has 0 aliphatic heterocycles. The van der Waals surface area contributed by atoms with Crippen LogP contribution >= 0.6 is 0 Å². The summed E-state index contributed by atoms with van der Waals surface area (Å²) in [6.45, 7) is -0.0601. The van der Waals surface area contributed by atoms with E-state index >= 15 is 0 Å². The van der Waals surface area contributed by atoms with Gasteiger partial charge in [0.05, 0.1) is 0 Å². The first-order valence-electron chi connectivity index (χ1n) is 4.06. The van der Waals surface area contributed by atoms with Crippen LogP contribution in [0, 0.1) is 5.82 Å². The molecule has 0 aliphatic carbocycles. The van der Waals surface area contributed by atoms with Gasteiger partial charge in [-0.3, -0.25) is 0 Å². The van der Waals surface area contributed by atoms with Crippen molar-refractivity contribution >= 4 is 5.69 Å². The van der Waals surface area contributed by atoms with E-state index in [-0.39, 0.29) is 12.4 Å². The average Bonchev–Trinajstić information content (AvgIpc) is 2.09. The Morgan fingerprint density at radius 3 is 2.77 bits per heavy atom. The lowest BCUT2D eigenvalue weighted by molar-refractivity contribution is 0.275. The Morgan fingerprint density at radius 1 is 1.46 bits per heavy atom. The van der Waals surface area contributed by atoms with Gasteiger partial charge in [-0.1, -0.05) is 0 Å². The van der Waals surface area contributed by atoms with Crippen molar-refractivity contribution in [3.63, 3.8) is 0 Å². The second-order valence-electron chi connectivity index (χ2n) is 2.90. The highest BCUT2D eigenvalue weighted by Gasteiger charge is 2.10. The number of halogens is 1. The fourth-order valence-electron chi connectivity index (χ4n) is 1.14. The molecule has 1 rings (SSSR count). The van der Waals surface area contributed by atoms with Crippen LogP contribution < -0.4 is 11.5 Å². The highest BCUT2D eigenvalue weighted by atomic mass is 19.1. The number of hydrogen-bond acceptors (Lipinski definition) is 3. The lowest BCUT2D eigenvalue weighted by Gasteiger charge is -2.11. The minimum absolute atomic E-state index is 0.0601. The number of aliphatic hydroxyl groups excluding tert-OH is 1. The second kappa shape index (κ2) is 4.20. The normalized spacial score (nSPS) is 12.8. The molecule has 0 bridgehead atoms. The molecule has 0 spiro atoms. The van der Waals surface area contributed by atoms with Crippen molar-refractivity contribution in [2.24, 2.45) is 5.73 Å². The van der Waals surface area contributed by atoms with Crippen molar-refractivity contribution in [1.82, 2.24) is 0 Å². The molecule has 5 N–H and O–H groups in total. The molecule has 3 nitrogen and oxygen atoms in total. The molecule has 0 aliphatic rings. The van der Waals surface area contributed by atoms with E-state index in [1.807, 2.05) is 0 Å². The predicted molar refractivity (Wildman–Crippen MR) is 49.4 cm³/mol. The van der Waals surface area contributed by atoms with Gasteiger partial charge in [-0.05, 0) is 24.6 Å². The summed E-state index contributed by atoms with van der Waals surface area (Å²) in [5.41, 5.74) is 11.9. The summed E-state index contributed by atoms with van der Waals surface area (Å²) in [6, 6.07) is 3.76. The maximum atomic E-state index is 13.1. The number of anilines is 1. The van der Waals surface area contributed by atoms with Crippen molar-refractivity contribution in [2.75, 3.05) is 12.3 Å². The molecule has 13 heavy (non-hydrogen) atoms. The SMILES string of the molecule is Nc1ccc(F)c([C@H](N)CCO)c1. The van der Waals surface area contributed by atoms with Crippen LogP contribution in [0.1, 0.15) is 18.0 Å². The molecule has 72 valence electrons. The third-order valence-electron chi connectivity index (χ3n) is 1.86. The number of rotatable bonds is 3. The van der Waals surface area contributed by atoms with Gasteiger partial charge in [-0.2, -0.15) is 0 Å². The van der Waals surface area contributed by atoms with Crippen molar-refractivity contribution in [1.29, 1.82) is 0 Å². The summed E-state index contributed by atoms with van der Waals surface area (Å²) < 4.78 is 13.1. The highest BCUT2D eigenvalue weighted by Crippen LogP contribution is 2.19. The Hall–Kier alpha value is -1.13. The molecule has 0 heterocycles. The minimum Gasteiger partial charge on any atom is -0.399 e. The Labute approximate surface area is 76.2 Å².